The predicted octanol–water partition coefficient (Wildman–Crippen LogP) is 4.36. The molecule has 0 radical (unpaired) electrons. The Morgan fingerprint density at radius 2 is 1.91 bits per heavy atom. The van der Waals surface area contributed by atoms with Crippen LogP contribution in [0.2, 0.25) is 5.02 Å². The zero-order valence-corrected chi connectivity index (χ0v) is 14.5. The molecule has 0 amide bonds. The third-order valence-corrected chi connectivity index (χ3v) is 7.55. The lowest BCUT2D eigenvalue weighted by Gasteiger charge is -2.23. The molecule has 1 atom stereocenters. The lowest BCUT2D eigenvalue weighted by Crippen LogP contribution is -2.33. The summed E-state index contributed by atoms with van der Waals surface area (Å²) in [7, 11) is -3.37. The molecule has 0 aliphatic carbocycles. The quantitative estimate of drug-likeness (QED) is 0.820. The summed E-state index contributed by atoms with van der Waals surface area (Å²) in [5.41, 5.74) is 1.16. The van der Waals surface area contributed by atoms with Crippen LogP contribution in [-0.4, -0.2) is 25.8 Å². The van der Waals surface area contributed by atoms with Crippen molar-refractivity contribution in [3.63, 3.8) is 0 Å². The molecule has 3 nitrogen and oxygen atoms in total. The summed E-state index contributed by atoms with van der Waals surface area (Å²) < 4.78 is 27.6. The third kappa shape index (κ3) is 3.38. The number of benzene rings is 1. The van der Waals surface area contributed by atoms with Gasteiger partial charge in [-0.3, -0.25) is 0 Å². The standard InChI is InChI=1S/C16H18ClNO2S2/c17-15-8-6-13(7-9-15)14-4-1-2-10-18(12-14)22(19,20)16-5-3-11-21-16/h3,5-9,11,14H,1-2,4,10,12H2. The van der Waals surface area contributed by atoms with E-state index in [1.807, 2.05) is 24.3 Å². The first-order valence-electron chi connectivity index (χ1n) is 7.36. The maximum atomic E-state index is 12.7. The predicted molar refractivity (Wildman–Crippen MR) is 91.1 cm³/mol. The van der Waals surface area contributed by atoms with Crippen LogP contribution in [0.15, 0.2) is 46.0 Å². The van der Waals surface area contributed by atoms with Crippen molar-refractivity contribution in [2.24, 2.45) is 0 Å². The molecule has 1 fully saturated rings. The molecule has 0 bridgehead atoms. The fraction of sp³-hybridized carbons (Fsp3) is 0.375. The van der Waals surface area contributed by atoms with Crippen LogP contribution in [0.5, 0.6) is 0 Å². The monoisotopic (exact) mass is 355 g/mol. The van der Waals surface area contributed by atoms with E-state index in [4.69, 9.17) is 11.6 Å². The molecule has 0 N–H and O–H groups in total. The van der Waals surface area contributed by atoms with Crippen molar-refractivity contribution in [3.05, 3.63) is 52.4 Å². The van der Waals surface area contributed by atoms with Crippen LogP contribution in [-0.2, 0) is 10.0 Å². The Labute approximate surface area is 140 Å². The normalized spacial score (nSPS) is 20.7. The van der Waals surface area contributed by atoms with Gasteiger partial charge in [0.2, 0.25) is 0 Å². The second-order valence-electron chi connectivity index (χ2n) is 5.54. The highest BCUT2D eigenvalue weighted by Crippen LogP contribution is 2.31. The van der Waals surface area contributed by atoms with E-state index in [2.05, 4.69) is 0 Å². The molecule has 2 aromatic rings. The first kappa shape index (κ1) is 16.0. The minimum Gasteiger partial charge on any atom is -0.206 e. The van der Waals surface area contributed by atoms with Gasteiger partial charge in [-0.15, -0.1) is 11.3 Å². The molecule has 1 aliphatic heterocycles. The van der Waals surface area contributed by atoms with Crippen molar-refractivity contribution < 1.29 is 8.42 Å². The van der Waals surface area contributed by atoms with Gasteiger partial charge in [-0.1, -0.05) is 36.2 Å². The Balaban J connectivity index is 1.85. The van der Waals surface area contributed by atoms with Gasteiger partial charge >= 0.3 is 0 Å². The number of thiophene rings is 1. The SMILES string of the molecule is O=S(=O)(c1cccs1)N1CCCCC(c2ccc(Cl)cc2)C1. The highest BCUT2D eigenvalue weighted by atomic mass is 35.5. The largest absolute Gasteiger partial charge is 0.252 e. The van der Waals surface area contributed by atoms with Crippen LogP contribution in [0.4, 0.5) is 0 Å². The van der Waals surface area contributed by atoms with Gasteiger partial charge in [0.1, 0.15) is 4.21 Å². The van der Waals surface area contributed by atoms with Crippen LogP contribution >= 0.6 is 22.9 Å². The molecular weight excluding hydrogens is 338 g/mol. The highest BCUT2D eigenvalue weighted by Gasteiger charge is 2.30. The van der Waals surface area contributed by atoms with E-state index in [-0.39, 0.29) is 5.92 Å². The minimum atomic E-state index is -3.37. The number of halogens is 1. The first-order valence-corrected chi connectivity index (χ1v) is 10.1. The van der Waals surface area contributed by atoms with E-state index in [0.717, 1.165) is 24.8 Å². The zero-order valence-electron chi connectivity index (χ0n) is 12.1. The Hall–Kier alpha value is -0.880. The Bertz CT molecular complexity index is 711. The van der Waals surface area contributed by atoms with Crippen LogP contribution in [0, 0.1) is 0 Å². The maximum Gasteiger partial charge on any atom is 0.252 e. The van der Waals surface area contributed by atoms with E-state index in [1.54, 1.807) is 21.8 Å². The molecule has 1 aromatic carbocycles. The summed E-state index contributed by atoms with van der Waals surface area (Å²) in [6.45, 7) is 1.15. The van der Waals surface area contributed by atoms with Crippen molar-refractivity contribution >= 4 is 33.0 Å². The fourth-order valence-electron chi connectivity index (χ4n) is 2.87. The second kappa shape index (κ2) is 6.71. The summed E-state index contributed by atoms with van der Waals surface area (Å²) in [6.07, 6.45) is 2.97. The van der Waals surface area contributed by atoms with Gasteiger partial charge in [0.15, 0.2) is 0 Å². The van der Waals surface area contributed by atoms with Gasteiger partial charge in [-0.2, -0.15) is 4.31 Å². The molecule has 1 saturated heterocycles. The zero-order chi connectivity index (χ0) is 15.6. The Kier molecular flexibility index (Phi) is 4.88. The summed E-state index contributed by atoms with van der Waals surface area (Å²) in [5.74, 6) is 0.231. The van der Waals surface area contributed by atoms with Gasteiger partial charge in [0.25, 0.3) is 10.0 Å². The van der Waals surface area contributed by atoms with E-state index in [1.165, 1.54) is 11.3 Å². The molecule has 1 unspecified atom stereocenters. The summed E-state index contributed by atoms with van der Waals surface area (Å²) in [5, 5.41) is 2.52. The highest BCUT2D eigenvalue weighted by molar-refractivity contribution is 7.91. The molecule has 0 saturated carbocycles. The number of sulfonamides is 1. The minimum absolute atomic E-state index is 0.231. The Morgan fingerprint density at radius 3 is 2.59 bits per heavy atom. The maximum absolute atomic E-state index is 12.7. The van der Waals surface area contributed by atoms with Crippen molar-refractivity contribution in [1.29, 1.82) is 0 Å². The molecule has 118 valence electrons. The molecule has 22 heavy (non-hydrogen) atoms. The van der Waals surface area contributed by atoms with Gasteiger partial charge in [0.05, 0.1) is 0 Å². The first-order chi connectivity index (χ1) is 10.6. The van der Waals surface area contributed by atoms with E-state index in [0.29, 0.717) is 22.3 Å². The fourth-order valence-corrected chi connectivity index (χ4v) is 5.66. The van der Waals surface area contributed by atoms with E-state index >= 15 is 0 Å². The van der Waals surface area contributed by atoms with Gasteiger partial charge in [-0.25, -0.2) is 8.42 Å². The van der Waals surface area contributed by atoms with Crippen molar-refractivity contribution in [2.75, 3.05) is 13.1 Å². The van der Waals surface area contributed by atoms with E-state index in [9.17, 15) is 8.42 Å². The van der Waals surface area contributed by atoms with Crippen LogP contribution in [0.3, 0.4) is 0 Å². The topological polar surface area (TPSA) is 37.4 Å². The molecule has 6 heteroatoms. The average Bonchev–Trinajstić information content (AvgIpc) is 2.94. The number of hydrogen-bond donors (Lipinski definition) is 0. The van der Waals surface area contributed by atoms with Crippen LogP contribution in [0.1, 0.15) is 30.7 Å². The van der Waals surface area contributed by atoms with Gasteiger partial charge in [0, 0.05) is 18.1 Å². The van der Waals surface area contributed by atoms with Crippen LogP contribution < -0.4 is 0 Å². The summed E-state index contributed by atoms with van der Waals surface area (Å²) >= 11 is 7.23. The molecular formula is C16H18ClNO2S2. The molecule has 2 heterocycles. The molecule has 1 aliphatic rings. The van der Waals surface area contributed by atoms with E-state index < -0.39 is 10.0 Å². The summed E-state index contributed by atoms with van der Waals surface area (Å²) in [4.78, 5) is 0. The second-order valence-corrected chi connectivity index (χ2v) is 9.09. The lowest BCUT2D eigenvalue weighted by molar-refractivity contribution is 0.407. The number of nitrogens with zero attached hydrogens (tertiary/aromatic N) is 1. The third-order valence-electron chi connectivity index (χ3n) is 4.06. The van der Waals surface area contributed by atoms with Gasteiger partial charge < -0.3 is 0 Å². The molecule has 3 rings (SSSR count). The van der Waals surface area contributed by atoms with Crippen molar-refractivity contribution in [1.82, 2.24) is 4.31 Å². The van der Waals surface area contributed by atoms with Crippen molar-refractivity contribution in [3.8, 4) is 0 Å². The lowest BCUT2D eigenvalue weighted by atomic mass is 9.95. The Morgan fingerprint density at radius 1 is 1.14 bits per heavy atom. The van der Waals surface area contributed by atoms with Gasteiger partial charge in [-0.05, 0) is 47.9 Å². The molecule has 1 aromatic heterocycles. The van der Waals surface area contributed by atoms with Crippen molar-refractivity contribution in [2.45, 2.75) is 29.4 Å². The van der Waals surface area contributed by atoms with Crippen LogP contribution in [0.25, 0.3) is 0 Å². The number of hydrogen-bond acceptors (Lipinski definition) is 3. The summed E-state index contributed by atoms with van der Waals surface area (Å²) in [6, 6.07) is 11.2. The molecule has 0 spiro atoms. The average molecular weight is 356 g/mol. The number of rotatable bonds is 3. The smallest absolute Gasteiger partial charge is 0.206 e.